The molecule has 0 bridgehead atoms. The van der Waals surface area contributed by atoms with E-state index in [-0.39, 0.29) is 12.5 Å². The third kappa shape index (κ3) is 3.60. The molecule has 110 valence electrons. The number of benzene rings is 1. The standard InChI is InChI=1S/C17H20N2O2/c1-12-7-8-16(21-4)15(10-12)18-17(20)11-19-9-5-6-13(2)14(19)3/h5-10H,11H2,1-4H3/p+1. The van der Waals surface area contributed by atoms with Gasteiger partial charge in [0.05, 0.1) is 12.8 Å². The van der Waals surface area contributed by atoms with E-state index in [1.54, 1.807) is 7.11 Å². The minimum absolute atomic E-state index is 0.0717. The molecule has 4 heteroatoms. The zero-order chi connectivity index (χ0) is 15.4. The highest BCUT2D eigenvalue weighted by molar-refractivity contribution is 5.91. The highest BCUT2D eigenvalue weighted by Gasteiger charge is 2.15. The first-order valence-electron chi connectivity index (χ1n) is 6.91. The van der Waals surface area contributed by atoms with Crippen molar-refractivity contribution in [3.05, 3.63) is 53.3 Å². The van der Waals surface area contributed by atoms with E-state index < -0.39 is 0 Å². The van der Waals surface area contributed by atoms with Crippen LogP contribution in [0.5, 0.6) is 5.75 Å². The van der Waals surface area contributed by atoms with Crippen LogP contribution in [0.25, 0.3) is 0 Å². The number of nitrogens with one attached hydrogen (secondary N) is 1. The number of hydrogen-bond donors (Lipinski definition) is 1. The molecule has 4 nitrogen and oxygen atoms in total. The lowest BCUT2D eigenvalue weighted by Gasteiger charge is -2.10. The number of ether oxygens (including phenoxy) is 1. The van der Waals surface area contributed by atoms with E-state index in [9.17, 15) is 4.79 Å². The third-order valence-electron chi connectivity index (χ3n) is 3.56. The Labute approximate surface area is 125 Å². The lowest BCUT2D eigenvalue weighted by atomic mass is 10.2. The second kappa shape index (κ2) is 6.39. The summed E-state index contributed by atoms with van der Waals surface area (Å²) in [5.74, 6) is 0.595. The largest absolute Gasteiger partial charge is 0.495 e. The molecule has 1 heterocycles. The fraction of sp³-hybridized carbons (Fsp3) is 0.294. The molecule has 0 unspecified atom stereocenters. The van der Waals surface area contributed by atoms with E-state index in [1.165, 1.54) is 5.56 Å². The van der Waals surface area contributed by atoms with Crippen LogP contribution in [0.1, 0.15) is 16.8 Å². The maximum atomic E-state index is 12.2. The van der Waals surface area contributed by atoms with Crippen molar-refractivity contribution in [3.8, 4) is 5.75 Å². The van der Waals surface area contributed by atoms with Gasteiger partial charge in [-0.2, -0.15) is 4.57 Å². The molecule has 0 atom stereocenters. The topological polar surface area (TPSA) is 42.2 Å². The van der Waals surface area contributed by atoms with Gasteiger partial charge in [-0.05, 0) is 37.6 Å². The smallest absolute Gasteiger partial charge is 0.290 e. The van der Waals surface area contributed by atoms with Crippen molar-refractivity contribution in [2.75, 3.05) is 12.4 Å². The molecule has 1 aromatic carbocycles. The molecule has 1 amide bonds. The summed E-state index contributed by atoms with van der Waals surface area (Å²) in [6.45, 7) is 6.31. The van der Waals surface area contributed by atoms with Crippen LogP contribution in [0.3, 0.4) is 0 Å². The molecule has 2 aromatic rings. The van der Waals surface area contributed by atoms with Crippen molar-refractivity contribution in [3.63, 3.8) is 0 Å². The number of nitrogens with zero attached hydrogens (tertiary/aromatic N) is 1. The minimum atomic E-state index is -0.0717. The summed E-state index contributed by atoms with van der Waals surface area (Å²) in [6.07, 6.45) is 1.91. The minimum Gasteiger partial charge on any atom is -0.495 e. The Kier molecular flexibility index (Phi) is 4.58. The number of anilines is 1. The summed E-state index contributed by atoms with van der Waals surface area (Å²) in [4.78, 5) is 12.2. The number of amides is 1. The Bertz CT molecular complexity index is 666. The fourth-order valence-electron chi connectivity index (χ4n) is 2.19. The van der Waals surface area contributed by atoms with E-state index in [1.807, 2.05) is 61.9 Å². The SMILES string of the molecule is COc1ccc(C)cc1NC(=O)C[n+]1cccc(C)c1C. The summed E-state index contributed by atoms with van der Waals surface area (Å²) in [6, 6.07) is 9.70. The first kappa shape index (κ1) is 15.0. The van der Waals surface area contributed by atoms with Crippen LogP contribution in [-0.2, 0) is 11.3 Å². The van der Waals surface area contributed by atoms with Gasteiger partial charge in [0, 0.05) is 18.6 Å². The average Bonchev–Trinajstić information content (AvgIpc) is 2.44. The third-order valence-corrected chi connectivity index (χ3v) is 3.56. The molecule has 0 fully saturated rings. The molecule has 21 heavy (non-hydrogen) atoms. The number of aromatic nitrogens is 1. The van der Waals surface area contributed by atoms with Crippen molar-refractivity contribution < 1.29 is 14.1 Å². The van der Waals surface area contributed by atoms with Crippen molar-refractivity contribution in [2.45, 2.75) is 27.3 Å². The monoisotopic (exact) mass is 285 g/mol. The average molecular weight is 285 g/mol. The lowest BCUT2D eigenvalue weighted by molar-refractivity contribution is -0.690. The predicted molar refractivity (Wildman–Crippen MR) is 82.5 cm³/mol. The van der Waals surface area contributed by atoms with Crippen LogP contribution in [0, 0.1) is 20.8 Å². The quantitative estimate of drug-likeness (QED) is 0.877. The van der Waals surface area contributed by atoms with Gasteiger partial charge in [0.25, 0.3) is 5.91 Å². The lowest BCUT2D eigenvalue weighted by Crippen LogP contribution is -2.43. The van der Waals surface area contributed by atoms with E-state index in [4.69, 9.17) is 4.74 Å². The second-order valence-corrected chi connectivity index (χ2v) is 5.16. The van der Waals surface area contributed by atoms with Crippen LogP contribution < -0.4 is 14.6 Å². The van der Waals surface area contributed by atoms with Gasteiger partial charge >= 0.3 is 0 Å². The Hall–Kier alpha value is -2.36. The predicted octanol–water partition coefficient (Wildman–Crippen LogP) is 2.55. The van der Waals surface area contributed by atoms with Crippen molar-refractivity contribution >= 4 is 11.6 Å². The van der Waals surface area contributed by atoms with Crippen LogP contribution in [0.15, 0.2) is 36.5 Å². The van der Waals surface area contributed by atoms with E-state index in [0.29, 0.717) is 11.4 Å². The second-order valence-electron chi connectivity index (χ2n) is 5.16. The first-order chi connectivity index (χ1) is 10.0. The summed E-state index contributed by atoms with van der Waals surface area (Å²) < 4.78 is 7.21. The van der Waals surface area contributed by atoms with Gasteiger partial charge in [0.1, 0.15) is 5.75 Å². The van der Waals surface area contributed by atoms with E-state index in [0.717, 1.165) is 11.3 Å². The van der Waals surface area contributed by atoms with Crippen molar-refractivity contribution in [1.29, 1.82) is 0 Å². The zero-order valence-electron chi connectivity index (χ0n) is 12.9. The van der Waals surface area contributed by atoms with Gasteiger partial charge in [-0.3, -0.25) is 4.79 Å². The Morgan fingerprint density at radius 2 is 2.00 bits per heavy atom. The fourth-order valence-corrected chi connectivity index (χ4v) is 2.19. The molecule has 1 N–H and O–H groups in total. The van der Waals surface area contributed by atoms with Crippen LogP contribution in [-0.4, -0.2) is 13.0 Å². The van der Waals surface area contributed by atoms with Gasteiger partial charge in [-0.25, -0.2) is 0 Å². The number of rotatable bonds is 4. The number of aryl methyl sites for hydroxylation is 2. The number of methoxy groups -OCH3 is 1. The molecule has 0 spiro atoms. The Balaban J connectivity index is 2.15. The van der Waals surface area contributed by atoms with Gasteiger partial charge in [0.15, 0.2) is 11.9 Å². The van der Waals surface area contributed by atoms with E-state index in [2.05, 4.69) is 5.32 Å². The van der Waals surface area contributed by atoms with Crippen LogP contribution in [0.4, 0.5) is 5.69 Å². The molecule has 0 aliphatic rings. The molecule has 0 aliphatic carbocycles. The maximum absolute atomic E-state index is 12.2. The molecule has 0 radical (unpaired) electrons. The molecular formula is C17H21N2O2+. The molecule has 1 aromatic heterocycles. The Morgan fingerprint density at radius 1 is 1.24 bits per heavy atom. The zero-order valence-corrected chi connectivity index (χ0v) is 12.9. The number of hydrogen-bond acceptors (Lipinski definition) is 2. The normalized spacial score (nSPS) is 10.3. The molecule has 0 aliphatic heterocycles. The van der Waals surface area contributed by atoms with Gasteiger partial charge in [-0.15, -0.1) is 0 Å². The molecular weight excluding hydrogens is 264 g/mol. The van der Waals surface area contributed by atoms with E-state index >= 15 is 0 Å². The first-order valence-corrected chi connectivity index (χ1v) is 6.91. The Morgan fingerprint density at radius 3 is 2.71 bits per heavy atom. The highest BCUT2D eigenvalue weighted by Crippen LogP contribution is 2.24. The van der Waals surface area contributed by atoms with Crippen LogP contribution >= 0.6 is 0 Å². The molecule has 2 rings (SSSR count). The van der Waals surface area contributed by atoms with Gasteiger partial charge in [-0.1, -0.05) is 6.07 Å². The molecule has 0 saturated carbocycles. The number of carbonyl (C=O) groups excluding carboxylic acids is 1. The van der Waals surface area contributed by atoms with Gasteiger partial charge < -0.3 is 10.1 Å². The summed E-state index contributed by atoms with van der Waals surface area (Å²) >= 11 is 0. The number of carbonyl (C=O) groups is 1. The van der Waals surface area contributed by atoms with Crippen molar-refractivity contribution in [2.24, 2.45) is 0 Å². The molecule has 0 saturated heterocycles. The summed E-state index contributed by atoms with van der Waals surface area (Å²) in [5, 5.41) is 2.91. The number of pyridine rings is 1. The van der Waals surface area contributed by atoms with Crippen molar-refractivity contribution in [1.82, 2.24) is 0 Å². The van der Waals surface area contributed by atoms with Crippen LogP contribution in [0.2, 0.25) is 0 Å². The maximum Gasteiger partial charge on any atom is 0.290 e. The summed E-state index contributed by atoms with van der Waals surface area (Å²) in [7, 11) is 1.60. The highest BCUT2D eigenvalue weighted by atomic mass is 16.5. The van der Waals surface area contributed by atoms with Gasteiger partial charge in [0.2, 0.25) is 6.54 Å². The summed E-state index contributed by atoms with van der Waals surface area (Å²) in [5.41, 5.74) is 4.03.